The van der Waals surface area contributed by atoms with Gasteiger partial charge in [-0.2, -0.15) is 0 Å². The highest BCUT2D eigenvalue weighted by Crippen LogP contribution is 2.41. The lowest BCUT2D eigenvalue weighted by molar-refractivity contribution is -0.121. The smallest absolute Gasteiger partial charge is 0.222 e. The number of carbonyl (C=O) groups is 1. The topological polar surface area (TPSA) is 72.1 Å². The van der Waals surface area contributed by atoms with Crippen LogP contribution in [0.25, 0.3) is 22.4 Å². The van der Waals surface area contributed by atoms with Gasteiger partial charge in [-0.1, -0.05) is 36.4 Å². The maximum absolute atomic E-state index is 11.7. The Labute approximate surface area is 174 Å². The normalized spacial score (nSPS) is 19.2. The molecule has 1 fully saturated rings. The highest BCUT2D eigenvalue weighted by molar-refractivity contribution is 7.19. The summed E-state index contributed by atoms with van der Waals surface area (Å²) < 4.78 is 0. The van der Waals surface area contributed by atoms with E-state index in [-0.39, 0.29) is 11.8 Å². The van der Waals surface area contributed by atoms with Crippen LogP contribution in [0, 0.1) is 5.92 Å². The lowest BCUT2D eigenvalue weighted by atomic mass is 9.97. The molecular weight excluding hydrogens is 380 g/mol. The van der Waals surface area contributed by atoms with E-state index in [1.54, 1.807) is 0 Å². The molecule has 0 spiro atoms. The molecule has 1 atom stereocenters. The van der Waals surface area contributed by atoms with Crippen molar-refractivity contribution >= 4 is 45.4 Å². The maximum Gasteiger partial charge on any atom is 0.222 e. The Hall–Kier alpha value is -2.73. The Bertz CT molecular complexity index is 1090. The third-order valence-electron chi connectivity index (χ3n) is 5.93. The van der Waals surface area contributed by atoms with Crippen molar-refractivity contribution in [3.8, 4) is 0 Å². The van der Waals surface area contributed by atoms with Gasteiger partial charge in [0.1, 0.15) is 10.6 Å². The van der Waals surface area contributed by atoms with Gasteiger partial charge in [-0.3, -0.25) is 4.79 Å². The fraction of sp³-hybridized carbons (Fsp3) is 0.348. The number of amides is 1. The van der Waals surface area contributed by atoms with E-state index < -0.39 is 0 Å². The summed E-state index contributed by atoms with van der Waals surface area (Å²) in [6.07, 6.45) is 9.52. The molecule has 148 valence electrons. The number of nitrogens with zero attached hydrogens (tertiary/aromatic N) is 3. The van der Waals surface area contributed by atoms with E-state index in [0.29, 0.717) is 6.54 Å². The molecule has 3 heterocycles. The predicted molar refractivity (Wildman–Crippen MR) is 119 cm³/mol. The second-order valence-electron chi connectivity index (χ2n) is 7.87. The maximum atomic E-state index is 11.7. The van der Waals surface area contributed by atoms with Gasteiger partial charge in [-0.15, -0.1) is 11.3 Å². The zero-order valence-electron chi connectivity index (χ0n) is 16.3. The van der Waals surface area contributed by atoms with Gasteiger partial charge in [0.15, 0.2) is 5.82 Å². The first-order valence-corrected chi connectivity index (χ1v) is 11.1. The fourth-order valence-electron chi connectivity index (χ4n) is 4.38. The second kappa shape index (κ2) is 7.59. The molecule has 29 heavy (non-hydrogen) atoms. The number of hydrogen-bond acceptors (Lipinski definition) is 5. The van der Waals surface area contributed by atoms with Gasteiger partial charge in [0.25, 0.3) is 0 Å². The molecule has 1 aromatic carbocycles. The molecule has 1 aliphatic heterocycles. The molecule has 3 aromatic rings. The number of rotatable bonds is 4. The lowest BCUT2D eigenvalue weighted by Gasteiger charge is -2.20. The third-order valence-corrected chi connectivity index (χ3v) is 7.11. The Morgan fingerprint density at radius 1 is 1.14 bits per heavy atom. The van der Waals surface area contributed by atoms with E-state index in [1.165, 1.54) is 28.7 Å². The molecule has 5 nitrogen and oxygen atoms in total. The summed E-state index contributed by atoms with van der Waals surface area (Å²) in [4.78, 5) is 26.3. The van der Waals surface area contributed by atoms with Crippen LogP contribution < -0.4 is 10.6 Å². The van der Waals surface area contributed by atoms with E-state index in [4.69, 9.17) is 15.7 Å². The van der Waals surface area contributed by atoms with Crippen LogP contribution >= 0.6 is 11.3 Å². The zero-order chi connectivity index (χ0) is 19.8. The highest BCUT2D eigenvalue weighted by atomic mass is 32.1. The predicted octanol–water partition coefficient (Wildman–Crippen LogP) is 4.05. The van der Waals surface area contributed by atoms with Crippen molar-refractivity contribution in [2.24, 2.45) is 11.7 Å². The third kappa shape index (κ3) is 3.53. The molecule has 1 amide bonds. The fourth-order valence-corrected chi connectivity index (χ4v) is 5.64. The van der Waals surface area contributed by atoms with Crippen molar-refractivity contribution in [2.75, 3.05) is 18.0 Å². The highest BCUT2D eigenvalue weighted by Gasteiger charge is 2.30. The average molecular weight is 405 g/mol. The van der Waals surface area contributed by atoms with Crippen molar-refractivity contribution < 1.29 is 4.79 Å². The number of carbonyl (C=O) groups excluding carboxylic acids is 1. The van der Waals surface area contributed by atoms with Crippen molar-refractivity contribution in [3.05, 3.63) is 52.2 Å². The monoisotopic (exact) mass is 404 g/mol. The van der Waals surface area contributed by atoms with Gasteiger partial charge >= 0.3 is 0 Å². The van der Waals surface area contributed by atoms with E-state index in [9.17, 15) is 4.79 Å². The summed E-state index contributed by atoms with van der Waals surface area (Å²) in [6.45, 7) is 1.46. The second-order valence-corrected chi connectivity index (χ2v) is 8.96. The Balaban J connectivity index is 1.59. The van der Waals surface area contributed by atoms with E-state index in [0.717, 1.165) is 47.8 Å². The quantitative estimate of drug-likeness (QED) is 0.712. The minimum Gasteiger partial charge on any atom is -0.369 e. The van der Waals surface area contributed by atoms with Crippen LogP contribution in [0.3, 0.4) is 0 Å². The van der Waals surface area contributed by atoms with Crippen LogP contribution in [0.4, 0.5) is 5.82 Å². The van der Waals surface area contributed by atoms with Crippen LogP contribution in [-0.4, -0.2) is 29.0 Å². The van der Waals surface area contributed by atoms with E-state index in [1.807, 2.05) is 35.6 Å². The number of benzene rings is 1. The molecule has 1 saturated heterocycles. The van der Waals surface area contributed by atoms with Gasteiger partial charge < -0.3 is 10.6 Å². The molecule has 0 radical (unpaired) electrons. The van der Waals surface area contributed by atoms with Crippen molar-refractivity contribution in [1.29, 1.82) is 0 Å². The minimum absolute atomic E-state index is 0.0993. The van der Waals surface area contributed by atoms with Crippen LogP contribution in [0.15, 0.2) is 30.3 Å². The first-order valence-electron chi connectivity index (χ1n) is 10.3. The molecular formula is C23H24N4OS. The number of hydrogen-bond donors (Lipinski definition) is 1. The van der Waals surface area contributed by atoms with Crippen molar-refractivity contribution in [1.82, 2.24) is 9.97 Å². The van der Waals surface area contributed by atoms with E-state index >= 15 is 0 Å². The molecule has 0 saturated carbocycles. The standard InChI is InChI=1S/C23H24N4OS/c24-21(28)16-12-13-27(14-16)22-20-17-8-4-5-9-18(17)29-23(20)26-19(25-22)11-10-15-6-2-1-3-7-15/h1-3,6-7,10-11,16H,4-5,8-9,12-14H2,(H2,24,28)/b11-10+. The summed E-state index contributed by atoms with van der Waals surface area (Å²) in [5.74, 6) is 1.38. The summed E-state index contributed by atoms with van der Waals surface area (Å²) in [7, 11) is 0. The molecule has 2 aromatic heterocycles. The minimum atomic E-state index is -0.214. The van der Waals surface area contributed by atoms with Gasteiger partial charge in [-0.05, 0) is 49.3 Å². The summed E-state index contributed by atoms with van der Waals surface area (Å²) in [5, 5.41) is 1.20. The Kier molecular flexibility index (Phi) is 4.79. The van der Waals surface area contributed by atoms with Crippen molar-refractivity contribution in [2.45, 2.75) is 32.1 Å². The molecule has 2 N–H and O–H groups in total. The van der Waals surface area contributed by atoms with Crippen LogP contribution in [0.1, 0.15) is 41.1 Å². The number of aromatic nitrogens is 2. The Morgan fingerprint density at radius 3 is 2.76 bits per heavy atom. The average Bonchev–Trinajstić information content (AvgIpc) is 3.37. The van der Waals surface area contributed by atoms with Crippen LogP contribution in [0.5, 0.6) is 0 Å². The molecule has 2 aliphatic rings. The largest absolute Gasteiger partial charge is 0.369 e. The lowest BCUT2D eigenvalue weighted by Crippen LogP contribution is -2.28. The number of aryl methyl sites for hydroxylation is 2. The first-order chi connectivity index (χ1) is 14.2. The number of primary amides is 1. The van der Waals surface area contributed by atoms with Crippen LogP contribution in [0.2, 0.25) is 0 Å². The van der Waals surface area contributed by atoms with Crippen molar-refractivity contribution in [3.63, 3.8) is 0 Å². The number of anilines is 1. The van der Waals surface area contributed by atoms with Gasteiger partial charge in [0.2, 0.25) is 5.91 Å². The zero-order valence-corrected chi connectivity index (χ0v) is 17.1. The summed E-state index contributed by atoms with van der Waals surface area (Å²) in [6, 6.07) is 10.2. The summed E-state index contributed by atoms with van der Waals surface area (Å²) >= 11 is 1.81. The molecule has 1 unspecified atom stereocenters. The molecule has 5 rings (SSSR count). The molecule has 6 heteroatoms. The molecule has 0 bridgehead atoms. The summed E-state index contributed by atoms with van der Waals surface area (Å²) in [5.41, 5.74) is 8.12. The SMILES string of the molecule is NC(=O)C1CCN(c2nc(/C=C/c3ccccc3)nc3sc4c(c23)CCCC4)C1. The van der Waals surface area contributed by atoms with E-state index in [2.05, 4.69) is 23.1 Å². The Morgan fingerprint density at radius 2 is 1.97 bits per heavy atom. The van der Waals surface area contributed by atoms with Gasteiger partial charge in [0, 0.05) is 18.0 Å². The van der Waals surface area contributed by atoms with Gasteiger partial charge in [-0.25, -0.2) is 9.97 Å². The number of nitrogens with two attached hydrogens (primary N) is 1. The number of thiophene rings is 1. The number of fused-ring (bicyclic) bond motifs is 3. The molecule has 1 aliphatic carbocycles. The first kappa shape index (κ1) is 18.3. The van der Waals surface area contributed by atoms with Crippen LogP contribution in [-0.2, 0) is 17.6 Å². The van der Waals surface area contributed by atoms with Gasteiger partial charge in [0.05, 0.1) is 11.3 Å².